The minimum Gasteiger partial charge on any atom is -0.329 e. The topological polar surface area (TPSA) is 89.3 Å². The van der Waals surface area contributed by atoms with Crippen molar-refractivity contribution >= 4 is 15.8 Å². The van der Waals surface area contributed by atoms with Crippen molar-refractivity contribution in [3.8, 4) is 0 Å². The number of carbonyl (C=O) groups excluding carboxylic acids is 1. The molecule has 0 heterocycles. The Kier molecular flexibility index (Phi) is 4.27. The molecule has 0 bridgehead atoms. The van der Waals surface area contributed by atoms with E-state index in [1.54, 1.807) is 12.1 Å². The Labute approximate surface area is 119 Å². The first kappa shape index (κ1) is 15.2. The molecule has 0 unspecified atom stereocenters. The normalized spacial score (nSPS) is 18.1. The molecule has 1 aliphatic carbocycles. The molecule has 0 atom stereocenters. The van der Waals surface area contributed by atoms with Crippen molar-refractivity contribution in [2.75, 3.05) is 6.54 Å². The number of rotatable bonds is 5. The number of nitrogens with two attached hydrogens (primary N) is 1. The number of hydrogen-bond donors (Lipinski definition) is 2. The van der Waals surface area contributed by atoms with Crippen LogP contribution in [0.25, 0.3) is 0 Å². The van der Waals surface area contributed by atoms with Crippen LogP contribution in [0.3, 0.4) is 0 Å². The van der Waals surface area contributed by atoms with Crippen LogP contribution in [-0.2, 0) is 10.0 Å². The molecule has 0 amide bonds. The van der Waals surface area contributed by atoms with Crippen molar-refractivity contribution in [3.05, 3.63) is 29.8 Å². The van der Waals surface area contributed by atoms with Crippen LogP contribution >= 0.6 is 0 Å². The van der Waals surface area contributed by atoms with Gasteiger partial charge in [0.2, 0.25) is 10.0 Å². The molecule has 1 aromatic carbocycles. The van der Waals surface area contributed by atoms with Crippen LogP contribution in [0.5, 0.6) is 0 Å². The maximum Gasteiger partial charge on any atom is 0.241 e. The predicted molar refractivity (Wildman–Crippen MR) is 77.0 cm³/mol. The average molecular weight is 296 g/mol. The van der Waals surface area contributed by atoms with E-state index in [0.29, 0.717) is 12.1 Å². The SMILES string of the molecule is CC(=O)c1cccc(S(=O)(=O)NC2(CN)CCCC2)c1. The zero-order valence-electron chi connectivity index (χ0n) is 11.6. The van der Waals surface area contributed by atoms with E-state index in [4.69, 9.17) is 5.73 Å². The highest BCUT2D eigenvalue weighted by Crippen LogP contribution is 2.30. The number of carbonyl (C=O) groups is 1. The minimum atomic E-state index is -3.65. The van der Waals surface area contributed by atoms with Gasteiger partial charge < -0.3 is 5.73 Å². The lowest BCUT2D eigenvalue weighted by atomic mass is 10.0. The molecule has 110 valence electrons. The van der Waals surface area contributed by atoms with Crippen LogP contribution in [0.15, 0.2) is 29.2 Å². The van der Waals surface area contributed by atoms with Gasteiger partial charge in [0.25, 0.3) is 0 Å². The Bertz CT molecular complexity index is 605. The van der Waals surface area contributed by atoms with Gasteiger partial charge in [-0.05, 0) is 31.9 Å². The van der Waals surface area contributed by atoms with Gasteiger partial charge in [0, 0.05) is 17.6 Å². The summed E-state index contributed by atoms with van der Waals surface area (Å²) in [6.07, 6.45) is 3.48. The number of nitrogens with one attached hydrogen (secondary N) is 1. The molecule has 1 aromatic rings. The van der Waals surface area contributed by atoms with E-state index in [-0.39, 0.29) is 10.7 Å². The molecule has 0 aromatic heterocycles. The summed E-state index contributed by atoms with van der Waals surface area (Å²) in [4.78, 5) is 11.5. The Morgan fingerprint density at radius 2 is 2.00 bits per heavy atom. The van der Waals surface area contributed by atoms with E-state index in [1.807, 2.05) is 0 Å². The molecule has 5 nitrogen and oxygen atoms in total. The standard InChI is InChI=1S/C14H20N2O3S/c1-11(17)12-5-4-6-13(9-12)20(18,19)16-14(10-15)7-2-3-8-14/h4-6,9,16H,2-3,7-8,10,15H2,1H3. The summed E-state index contributed by atoms with van der Waals surface area (Å²) in [5.74, 6) is -0.156. The average Bonchev–Trinajstić information content (AvgIpc) is 2.87. The summed E-state index contributed by atoms with van der Waals surface area (Å²) in [5, 5.41) is 0. The molecule has 20 heavy (non-hydrogen) atoms. The monoisotopic (exact) mass is 296 g/mol. The van der Waals surface area contributed by atoms with E-state index in [2.05, 4.69) is 4.72 Å². The van der Waals surface area contributed by atoms with Gasteiger partial charge in [-0.3, -0.25) is 4.79 Å². The lowest BCUT2D eigenvalue weighted by Gasteiger charge is -2.28. The van der Waals surface area contributed by atoms with E-state index < -0.39 is 15.6 Å². The van der Waals surface area contributed by atoms with Gasteiger partial charge in [0.05, 0.1) is 4.90 Å². The van der Waals surface area contributed by atoms with Gasteiger partial charge >= 0.3 is 0 Å². The lowest BCUT2D eigenvalue weighted by molar-refractivity contribution is 0.101. The second-order valence-electron chi connectivity index (χ2n) is 5.38. The molecule has 6 heteroatoms. The summed E-state index contributed by atoms with van der Waals surface area (Å²) in [5.41, 5.74) is 5.60. The van der Waals surface area contributed by atoms with Crippen LogP contribution < -0.4 is 10.5 Å². The van der Waals surface area contributed by atoms with Gasteiger partial charge in [-0.2, -0.15) is 0 Å². The Morgan fingerprint density at radius 3 is 2.55 bits per heavy atom. The minimum absolute atomic E-state index is 0.116. The van der Waals surface area contributed by atoms with E-state index in [0.717, 1.165) is 25.7 Å². The van der Waals surface area contributed by atoms with Crippen LogP contribution in [0.2, 0.25) is 0 Å². The maximum absolute atomic E-state index is 12.4. The van der Waals surface area contributed by atoms with Gasteiger partial charge in [-0.15, -0.1) is 0 Å². The van der Waals surface area contributed by atoms with Crippen LogP contribution in [0, 0.1) is 0 Å². The second-order valence-corrected chi connectivity index (χ2v) is 7.06. The number of hydrogen-bond acceptors (Lipinski definition) is 4. The van der Waals surface area contributed by atoms with Gasteiger partial charge in [0.1, 0.15) is 0 Å². The molecule has 0 saturated heterocycles. The predicted octanol–water partition coefficient (Wildman–Crippen LogP) is 1.44. The molecule has 0 radical (unpaired) electrons. The smallest absolute Gasteiger partial charge is 0.241 e. The number of sulfonamides is 1. The number of ketones is 1. The molecule has 1 aliphatic rings. The zero-order chi connectivity index (χ0) is 14.8. The zero-order valence-corrected chi connectivity index (χ0v) is 12.4. The van der Waals surface area contributed by atoms with E-state index in [9.17, 15) is 13.2 Å². The van der Waals surface area contributed by atoms with Crippen molar-refractivity contribution < 1.29 is 13.2 Å². The number of benzene rings is 1. The molecule has 1 saturated carbocycles. The third kappa shape index (κ3) is 3.08. The highest BCUT2D eigenvalue weighted by Gasteiger charge is 2.36. The Balaban J connectivity index is 2.30. The van der Waals surface area contributed by atoms with Gasteiger partial charge in [-0.1, -0.05) is 25.0 Å². The molecule has 1 fully saturated rings. The second kappa shape index (κ2) is 5.63. The van der Waals surface area contributed by atoms with Gasteiger partial charge in [0.15, 0.2) is 5.78 Å². The highest BCUT2D eigenvalue weighted by atomic mass is 32.2. The highest BCUT2D eigenvalue weighted by molar-refractivity contribution is 7.89. The van der Waals surface area contributed by atoms with Crippen molar-refractivity contribution in [2.45, 2.75) is 43.0 Å². The quantitative estimate of drug-likeness (QED) is 0.805. The fraction of sp³-hybridized carbons (Fsp3) is 0.500. The third-order valence-electron chi connectivity index (χ3n) is 3.85. The largest absolute Gasteiger partial charge is 0.329 e. The van der Waals surface area contributed by atoms with Crippen LogP contribution in [-0.4, -0.2) is 26.3 Å². The molecular weight excluding hydrogens is 276 g/mol. The third-order valence-corrected chi connectivity index (χ3v) is 5.43. The first-order valence-electron chi connectivity index (χ1n) is 6.74. The summed E-state index contributed by atoms with van der Waals surface area (Å²) < 4.78 is 27.6. The van der Waals surface area contributed by atoms with Crippen LogP contribution in [0.4, 0.5) is 0 Å². The first-order valence-corrected chi connectivity index (χ1v) is 8.22. The molecular formula is C14H20N2O3S. The molecule has 3 N–H and O–H groups in total. The van der Waals surface area contributed by atoms with Crippen LogP contribution in [0.1, 0.15) is 43.0 Å². The fourth-order valence-electron chi connectivity index (χ4n) is 2.63. The van der Waals surface area contributed by atoms with E-state index >= 15 is 0 Å². The van der Waals surface area contributed by atoms with E-state index in [1.165, 1.54) is 19.1 Å². The summed E-state index contributed by atoms with van der Waals surface area (Å²) in [6, 6.07) is 6.09. The van der Waals surface area contributed by atoms with Crippen molar-refractivity contribution in [1.29, 1.82) is 0 Å². The summed E-state index contributed by atoms with van der Waals surface area (Å²) in [7, 11) is -3.65. The molecule has 0 spiro atoms. The first-order chi connectivity index (χ1) is 9.38. The van der Waals surface area contributed by atoms with Gasteiger partial charge in [-0.25, -0.2) is 13.1 Å². The Hall–Kier alpha value is -1.24. The number of Topliss-reactive ketones (excluding diaryl/α,β-unsaturated/α-hetero) is 1. The van der Waals surface area contributed by atoms with Crippen molar-refractivity contribution in [2.24, 2.45) is 5.73 Å². The van der Waals surface area contributed by atoms with Crippen molar-refractivity contribution in [3.63, 3.8) is 0 Å². The fourth-order valence-corrected chi connectivity index (χ4v) is 4.14. The Morgan fingerprint density at radius 1 is 1.35 bits per heavy atom. The summed E-state index contributed by atoms with van der Waals surface area (Å²) >= 11 is 0. The molecule has 0 aliphatic heterocycles. The summed E-state index contributed by atoms with van der Waals surface area (Å²) in [6.45, 7) is 1.70. The molecule has 2 rings (SSSR count). The van der Waals surface area contributed by atoms with Crippen molar-refractivity contribution in [1.82, 2.24) is 4.72 Å². The maximum atomic E-state index is 12.4. The lowest BCUT2D eigenvalue weighted by Crippen LogP contribution is -2.51.